The quantitative estimate of drug-likeness (QED) is 0.608. The summed E-state index contributed by atoms with van der Waals surface area (Å²) in [6.45, 7) is 6.25. The highest BCUT2D eigenvalue weighted by Gasteiger charge is 2.37. The van der Waals surface area contributed by atoms with Gasteiger partial charge in [0.15, 0.2) is 0 Å². The van der Waals surface area contributed by atoms with E-state index in [0.717, 1.165) is 30.4 Å². The molecule has 1 fully saturated rings. The van der Waals surface area contributed by atoms with Crippen molar-refractivity contribution in [2.75, 3.05) is 11.9 Å². The molecular weight excluding hydrogens is 323 g/mol. The van der Waals surface area contributed by atoms with Crippen molar-refractivity contribution in [1.29, 1.82) is 0 Å². The second kappa shape index (κ2) is 6.65. The van der Waals surface area contributed by atoms with E-state index in [0.29, 0.717) is 24.6 Å². The molecule has 2 heterocycles. The van der Waals surface area contributed by atoms with Crippen LogP contribution in [0.5, 0.6) is 0 Å². The molecule has 2 aliphatic heterocycles. The first-order chi connectivity index (χ1) is 11.7. The van der Waals surface area contributed by atoms with Gasteiger partial charge < -0.3 is 9.64 Å². The topological polar surface area (TPSA) is 58.6 Å². The third-order valence-corrected chi connectivity index (χ3v) is 4.89. The van der Waals surface area contributed by atoms with E-state index in [1.165, 1.54) is 0 Å². The van der Waals surface area contributed by atoms with Crippen molar-refractivity contribution in [3.8, 4) is 0 Å². The number of halogens is 1. The van der Waals surface area contributed by atoms with E-state index in [1.807, 2.05) is 37.8 Å². The summed E-state index contributed by atoms with van der Waals surface area (Å²) >= 11 is 0. The largest absolute Gasteiger partial charge is 0.444 e. The molecule has 5 nitrogen and oxygen atoms in total. The molecule has 0 radical (unpaired) electrons. The van der Waals surface area contributed by atoms with Gasteiger partial charge in [-0.05, 0) is 69.6 Å². The SMILES string of the molecule is CC(C)(C)OC(=O)N1CC2CCC1Cc1c(cccc1NC(=O)F)C2. The van der Waals surface area contributed by atoms with Crippen LogP contribution in [0.2, 0.25) is 0 Å². The Morgan fingerprint density at radius 3 is 2.68 bits per heavy atom. The minimum absolute atomic E-state index is 0.00260. The van der Waals surface area contributed by atoms with Crippen molar-refractivity contribution in [3.63, 3.8) is 0 Å². The van der Waals surface area contributed by atoms with Crippen molar-refractivity contribution < 1.29 is 18.7 Å². The number of nitrogens with one attached hydrogen (secondary N) is 1. The Labute approximate surface area is 147 Å². The van der Waals surface area contributed by atoms with E-state index in [1.54, 1.807) is 6.07 Å². The Bertz CT molecular complexity index is 684. The van der Waals surface area contributed by atoms with Gasteiger partial charge in [0.2, 0.25) is 0 Å². The number of fused-ring (bicyclic) bond motifs is 2. The van der Waals surface area contributed by atoms with Crippen LogP contribution in [0.4, 0.5) is 19.7 Å². The van der Waals surface area contributed by atoms with Crippen LogP contribution in [0.15, 0.2) is 18.2 Å². The fourth-order valence-corrected chi connectivity index (χ4v) is 3.86. The zero-order valence-corrected chi connectivity index (χ0v) is 15.0. The molecule has 1 aromatic carbocycles. The molecule has 0 aromatic heterocycles. The van der Waals surface area contributed by atoms with Crippen molar-refractivity contribution in [1.82, 2.24) is 4.90 Å². The molecule has 1 N–H and O–H groups in total. The third-order valence-electron chi connectivity index (χ3n) is 4.89. The van der Waals surface area contributed by atoms with Crippen LogP contribution in [0.3, 0.4) is 0 Å². The summed E-state index contributed by atoms with van der Waals surface area (Å²) in [6, 6.07) is 5.58. The van der Waals surface area contributed by atoms with E-state index in [4.69, 9.17) is 4.74 Å². The summed E-state index contributed by atoms with van der Waals surface area (Å²) in [5.74, 6) is 0.346. The van der Waals surface area contributed by atoms with Crippen molar-refractivity contribution in [2.24, 2.45) is 5.92 Å². The fourth-order valence-electron chi connectivity index (χ4n) is 3.86. The molecule has 4 rings (SSSR count). The lowest BCUT2D eigenvalue weighted by molar-refractivity contribution is 0.00195. The van der Waals surface area contributed by atoms with E-state index >= 15 is 0 Å². The molecule has 2 unspecified atom stereocenters. The van der Waals surface area contributed by atoms with Crippen LogP contribution in [-0.2, 0) is 17.6 Å². The molecular formula is C19H25FN2O3. The van der Waals surface area contributed by atoms with Crippen molar-refractivity contribution >= 4 is 17.9 Å². The number of carbonyl (C=O) groups excluding carboxylic acids is 2. The Morgan fingerprint density at radius 2 is 2.00 bits per heavy atom. The summed E-state index contributed by atoms with van der Waals surface area (Å²) in [6.07, 6.45) is 1.50. The minimum atomic E-state index is -1.57. The smallest absolute Gasteiger partial charge is 0.410 e. The highest BCUT2D eigenvalue weighted by Crippen LogP contribution is 2.35. The molecule has 2 bridgehead atoms. The number of hydrogen-bond acceptors (Lipinski definition) is 3. The molecule has 3 aliphatic rings. The average molecular weight is 348 g/mol. The van der Waals surface area contributed by atoms with Crippen LogP contribution in [-0.4, -0.2) is 35.3 Å². The summed E-state index contributed by atoms with van der Waals surface area (Å²) in [5, 5.41) is 2.28. The lowest BCUT2D eigenvalue weighted by atomic mass is 9.80. The number of nitrogens with zero attached hydrogens (tertiary/aromatic N) is 1. The maximum Gasteiger partial charge on any atom is 0.410 e. The predicted octanol–water partition coefficient (Wildman–Crippen LogP) is 4.30. The first-order valence-electron chi connectivity index (χ1n) is 8.80. The van der Waals surface area contributed by atoms with E-state index in [2.05, 4.69) is 5.32 Å². The Morgan fingerprint density at radius 1 is 1.24 bits per heavy atom. The fraction of sp³-hybridized carbons (Fsp3) is 0.579. The van der Waals surface area contributed by atoms with Gasteiger partial charge in [-0.15, -0.1) is 4.39 Å². The summed E-state index contributed by atoms with van der Waals surface area (Å²) < 4.78 is 18.4. The predicted molar refractivity (Wildman–Crippen MR) is 93.4 cm³/mol. The lowest BCUT2D eigenvalue weighted by Crippen LogP contribution is -2.51. The number of piperidine rings is 1. The monoisotopic (exact) mass is 348 g/mol. The highest BCUT2D eigenvalue weighted by molar-refractivity contribution is 5.85. The van der Waals surface area contributed by atoms with E-state index < -0.39 is 11.8 Å². The van der Waals surface area contributed by atoms with Gasteiger partial charge in [-0.1, -0.05) is 12.1 Å². The molecule has 1 aromatic rings. The van der Waals surface area contributed by atoms with Gasteiger partial charge in [-0.25, -0.2) is 9.59 Å². The van der Waals surface area contributed by atoms with E-state index in [-0.39, 0.29) is 12.1 Å². The normalized spacial score (nSPS) is 22.6. The summed E-state index contributed by atoms with van der Waals surface area (Å²) in [4.78, 5) is 25.3. The van der Waals surface area contributed by atoms with Crippen LogP contribution in [0.1, 0.15) is 44.7 Å². The molecule has 25 heavy (non-hydrogen) atoms. The summed E-state index contributed by atoms with van der Waals surface area (Å²) in [5.41, 5.74) is 2.02. The molecule has 6 heteroatoms. The van der Waals surface area contributed by atoms with Crippen LogP contribution < -0.4 is 5.32 Å². The second-order valence-electron chi connectivity index (χ2n) is 7.98. The van der Waals surface area contributed by atoms with Gasteiger partial charge in [0.25, 0.3) is 0 Å². The van der Waals surface area contributed by atoms with Crippen LogP contribution >= 0.6 is 0 Å². The Kier molecular flexibility index (Phi) is 4.71. The van der Waals surface area contributed by atoms with Crippen molar-refractivity contribution in [3.05, 3.63) is 29.3 Å². The number of ether oxygens (including phenoxy) is 1. The molecule has 1 saturated heterocycles. The second-order valence-corrected chi connectivity index (χ2v) is 7.98. The summed E-state index contributed by atoms with van der Waals surface area (Å²) in [7, 11) is 0. The lowest BCUT2D eigenvalue weighted by Gasteiger charge is -2.43. The zero-order valence-electron chi connectivity index (χ0n) is 15.0. The first kappa shape index (κ1) is 17.7. The van der Waals surface area contributed by atoms with Gasteiger partial charge in [-0.2, -0.15) is 0 Å². The highest BCUT2D eigenvalue weighted by atomic mass is 19.1. The number of anilines is 1. The first-order valence-corrected chi connectivity index (χ1v) is 8.80. The van der Waals surface area contributed by atoms with Gasteiger partial charge in [-0.3, -0.25) is 5.32 Å². The molecule has 1 aliphatic carbocycles. The average Bonchev–Trinajstić information content (AvgIpc) is 2.45. The zero-order chi connectivity index (χ0) is 18.2. The maximum atomic E-state index is 12.9. The molecule has 136 valence electrons. The van der Waals surface area contributed by atoms with E-state index in [9.17, 15) is 14.0 Å². The van der Waals surface area contributed by atoms with Crippen molar-refractivity contribution in [2.45, 2.75) is 58.1 Å². The van der Waals surface area contributed by atoms with Gasteiger partial charge in [0, 0.05) is 18.3 Å². The molecule has 0 saturated carbocycles. The number of benzene rings is 1. The Balaban J connectivity index is 1.89. The van der Waals surface area contributed by atoms with Gasteiger partial charge >= 0.3 is 12.3 Å². The number of carbonyl (C=O) groups is 2. The maximum absolute atomic E-state index is 12.9. The van der Waals surface area contributed by atoms with Crippen LogP contribution in [0.25, 0.3) is 0 Å². The van der Waals surface area contributed by atoms with Gasteiger partial charge in [0.1, 0.15) is 5.60 Å². The molecule has 2 amide bonds. The number of hydrogen-bond donors (Lipinski definition) is 1. The minimum Gasteiger partial charge on any atom is -0.444 e. The van der Waals surface area contributed by atoms with Gasteiger partial charge in [0.05, 0.1) is 0 Å². The third kappa shape index (κ3) is 4.11. The Hall–Kier alpha value is -2.11. The molecule has 2 atom stereocenters. The molecule has 0 spiro atoms. The number of amides is 2. The van der Waals surface area contributed by atoms with Crippen LogP contribution in [0, 0.1) is 5.92 Å². The number of rotatable bonds is 1. The standard InChI is InChI=1S/C19H25FN2O3/c1-19(2,3)25-18(24)22-11-12-7-8-14(22)10-15-13(9-12)5-4-6-16(15)21-17(20)23/h4-6,12,14H,7-11H2,1-3H3,(H,21,23).